The zero-order valence-electron chi connectivity index (χ0n) is 32.4. The fourth-order valence-corrected chi connectivity index (χ4v) is 8.81. The number of nitrogens with zero attached hydrogens (tertiary/aromatic N) is 3. The van der Waals surface area contributed by atoms with Crippen LogP contribution in [0.1, 0.15) is 11.1 Å². The smallest absolute Gasteiger partial charge is 0.137 e. The molecule has 8 aromatic carbocycles. The first kappa shape index (κ1) is 33.8. The van der Waals surface area contributed by atoms with Gasteiger partial charge in [0.2, 0.25) is 0 Å². The predicted molar refractivity (Wildman–Crippen MR) is 244 cm³/mol. The number of hydrogen-bond donors (Lipinski definition) is 0. The third kappa shape index (κ3) is 5.71. The van der Waals surface area contributed by atoms with Gasteiger partial charge in [-0.2, -0.15) is 0 Å². The molecular weight excluding hydrogens is 703 g/mol. The molecule has 11 rings (SSSR count). The lowest BCUT2D eigenvalue weighted by atomic mass is 9.97. The van der Waals surface area contributed by atoms with Crippen molar-refractivity contribution < 1.29 is 0 Å². The number of fused-ring (bicyclic) bond motifs is 6. The Morgan fingerprint density at radius 2 is 0.793 bits per heavy atom. The molecule has 0 unspecified atom stereocenters. The maximum atomic E-state index is 5.12. The van der Waals surface area contributed by atoms with Gasteiger partial charge in [0.15, 0.2) is 0 Å². The molecule has 3 heteroatoms. The number of benzene rings is 8. The second-order valence-electron chi connectivity index (χ2n) is 15.4. The van der Waals surface area contributed by atoms with E-state index in [1.165, 1.54) is 77.1 Å². The first-order valence-corrected chi connectivity index (χ1v) is 19.9. The summed E-state index contributed by atoms with van der Waals surface area (Å²) in [7, 11) is 0. The van der Waals surface area contributed by atoms with Crippen LogP contribution in [0.25, 0.3) is 99.6 Å². The van der Waals surface area contributed by atoms with Crippen LogP contribution in [0, 0.1) is 13.8 Å². The molecule has 3 aromatic heterocycles. The first-order valence-electron chi connectivity index (χ1n) is 19.9. The lowest BCUT2D eigenvalue weighted by molar-refractivity contribution is 1.08. The van der Waals surface area contributed by atoms with Crippen LogP contribution in [0.15, 0.2) is 200 Å². The summed E-state index contributed by atoms with van der Waals surface area (Å²) in [5, 5.41) is 4.98. The van der Waals surface area contributed by atoms with E-state index in [0.717, 1.165) is 33.7 Å². The fourth-order valence-electron chi connectivity index (χ4n) is 8.81. The Morgan fingerprint density at radius 1 is 0.310 bits per heavy atom. The zero-order valence-corrected chi connectivity index (χ0v) is 32.4. The quantitative estimate of drug-likeness (QED) is 0.166. The summed E-state index contributed by atoms with van der Waals surface area (Å²) in [4.78, 5) is 5.12. The van der Waals surface area contributed by atoms with Crippen molar-refractivity contribution in [1.29, 1.82) is 0 Å². The molecule has 274 valence electrons. The van der Waals surface area contributed by atoms with Crippen molar-refractivity contribution >= 4 is 43.6 Å². The van der Waals surface area contributed by atoms with E-state index in [4.69, 9.17) is 4.98 Å². The molecule has 3 nitrogen and oxygen atoms in total. The minimum Gasteiger partial charge on any atom is -0.309 e. The molecule has 0 saturated carbocycles. The van der Waals surface area contributed by atoms with Crippen molar-refractivity contribution in [3.8, 4) is 56.0 Å². The Bertz CT molecular complexity index is 3330. The van der Waals surface area contributed by atoms with Gasteiger partial charge in [-0.3, -0.25) is 4.57 Å². The van der Waals surface area contributed by atoms with E-state index in [2.05, 4.69) is 217 Å². The monoisotopic (exact) mass is 741 g/mol. The molecule has 11 aromatic rings. The second-order valence-corrected chi connectivity index (χ2v) is 15.4. The number of aromatic nitrogens is 3. The second kappa shape index (κ2) is 13.6. The van der Waals surface area contributed by atoms with E-state index in [9.17, 15) is 0 Å². The molecule has 0 amide bonds. The summed E-state index contributed by atoms with van der Waals surface area (Å²) in [6.45, 7) is 4.34. The number of hydrogen-bond acceptors (Lipinski definition) is 1. The van der Waals surface area contributed by atoms with Gasteiger partial charge in [-0.25, -0.2) is 4.98 Å². The average Bonchev–Trinajstić information content (AvgIpc) is 3.78. The van der Waals surface area contributed by atoms with Gasteiger partial charge in [-0.15, -0.1) is 0 Å². The lowest BCUT2D eigenvalue weighted by Gasteiger charge is -2.11. The molecule has 58 heavy (non-hydrogen) atoms. The van der Waals surface area contributed by atoms with Gasteiger partial charge in [0.1, 0.15) is 5.82 Å². The largest absolute Gasteiger partial charge is 0.309 e. The Labute approximate surface area is 337 Å². The van der Waals surface area contributed by atoms with Crippen LogP contribution >= 0.6 is 0 Å². The van der Waals surface area contributed by atoms with Gasteiger partial charge in [0.05, 0.1) is 22.1 Å². The third-order valence-corrected chi connectivity index (χ3v) is 11.7. The van der Waals surface area contributed by atoms with Crippen molar-refractivity contribution in [2.24, 2.45) is 0 Å². The van der Waals surface area contributed by atoms with E-state index in [1.807, 2.05) is 6.20 Å². The molecule has 0 spiro atoms. The van der Waals surface area contributed by atoms with Crippen molar-refractivity contribution in [3.63, 3.8) is 0 Å². The molecule has 0 radical (unpaired) electrons. The number of aryl methyl sites for hydroxylation is 2. The molecule has 0 saturated heterocycles. The van der Waals surface area contributed by atoms with Crippen molar-refractivity contribution in [2.45, 2.75) is 13.8 Å². The first-order chi connectivity index (χ1) is 28.6. The summed E-state index contributed by atoms with van der Waals surface area (Å²) in [6.07, 6.45) is 2.01. The topological polar surface area (TPSA) is 22.8 Å². The lowest BCUT2D eigenvalue weighted by Crippen LogP contribution is -1.97. The van der Waals surface area contributed by atoms with Crippen LogP contribution in [0.5, 0.6) is 0 Å². The highest BCUT2D eigenvalue weighted by atomic mass is 15.1. The maximum absolute atomic E-state index is 5.12. The zero-order chi connectivity index (χ0) is 38.7. The Morgan fingerprint density at radius 3 is 1.45 bits per heavy atom. The van der Waals surface area contributed by atoms with Gasteiger partial charge in [-0.05, 0) is 132 Å². The van der Waals surface area contributed by atoms with E-state index in [-0.39, 0.29) is 0 Å². The predicted octanol–water partition coefficient (Wildman–Crippen LogP) is 14.6. The van der Waals surface area contributed by atoms with Crippen molar-refractivity contribution in [3.05, 3.63) is 211 Å². The van der Waals surface area contributed by atoms with Crippen LogP contribution < -0.4 is 0 Å². The molecule has 0 fully saturated rings. The molecule has 3 heterocycles. The number of rotatable bonds is 6. The fraction of sp³-hybridized carbons (Fsp3) is 0.0364. The van der Waals surface area contributed by atoms with Gasteiger partial charge in [0, 0.05) is 39.0 Å². The standard InChI is InChI=1S/C55H39N3/c1-36-19-25-51-48(29-36)47-24-21-44(34-54(47)57(51)46-17-7-4-8-18-46)43-22-27-53-50(33-43)49-30-37(2)20-26-52(49)58(53)55-28-23-45(35-56-55)42-16-10-15-41(32-42)40-14-9-13-39(31-40)38-11-5-3-6-12-38/h3-35H,1-2H3. The SMILES string of the molecule is Cc1ccc2c(c1)c1ccc(-c3ccc4c(c3)c3cc(C)ccc3n4-c3ccc(-c4cccc(-c5cccc(-c6ccccc6)c5)c4)cn3)cc1n2-c1ccccc1. The summed E-state index contributed by atoms with van der Waals surface area (Å²) in [5.41, 5.74) is 17.8. The number of para-hydroxylation sites is 1. The Kier molecular flexibility index (Phi) is 7.94. The summed E-state index contributed by atoms with van der Waals surface area (Å²) in [6, 6.07) is 70.5. The molecule has 0 aliphatic carbocycles. The highest BCUT2D eigenvalue weighted by molar-refractivity contribution is 6.12. The van der Waals surface area contributed by atoms with Crippen molar-refractivity contribution in [2.75, 3.05) is 0 Å². The number of pyridine rings is 1. The van der Waals surface area contributed by atoms with Crippen LogP contribution in [0.4, 0.5) is 0 Å². The van der Waals surface area contributed by atoms with Gasteiger partial charge >= 0.3 is 0 Å². The minimum absolute atomic E-state index is 0.899. The summed E-state index contributed by atoms with van der Waals surface area (Å²) < 4.78 is 4.71. The van der Waals surface area contributed by atoms with E-state index in [1.54, 1.807) is 0 Å². The normalized spacial score (nSPS) is 11.6. The molecule has 0 aliphatic rings. The summed E-state index contributed by atoms with van der Waals surface area (Å²) in [5.74, 6) is 0.899. The average molecular weight is 742 g/mol. The van der Waals surface area contributed by atoms with E-state index >= 15 is 0 Å². The van der Waals surface area contributed by atoms with Crippen molar-refractivity contribution in [1.82, 2.24) is 14.1 Å². The van der Waals surface area contributed by atoms with Gasteiger partial charge in [-0.1, -0.05) is 126 Å². The molecule has 0 atom stereocenters. The third-order valence-electron chi connectivity index (χ3n) is 11.7. The Balaban J connectivity index is 0.985. The van der Waals surface area contributed by atoms with E-state index < -0.39 is 0 Å². The van der Waals surface area contributed by atoms with Gasteiger partial charge in [0.25, 0.3) is 0 Å². The van der Waals surface area contributed by atoms with Gasteiger partial charge < -0.3 is 4.57 Å². The minimum atomic E-state index is 0.899. The summed E-state index contributed by atoms with van der Waals surface area (Å²) >= 11 is 0. The van der Waals surface area contributed by atoms with Crippen LogP contribution in [-0.2, 0) is 0 Å². The maximum Gasteiger partial charge on any atom is 0.137 e. The molecule has 0 N–H and O–H groups in total. The molecule has 0 aliphatic heterocycles. The van der Waals surface area contributed by atoms with Crippen LogP contribution in [0.3, 0.4) is 0 Å². The van der Waals surface area contributed by atoms with Crippen LogP contribution in [0.2, 0.25) is 0 Å². The van der Waals surface area contributed by atoms with Crippen LogP contribution in [-0.4, -0.2) is 14.1 Å². The Hall–Kier alpha value is -7.49. The van der Waals surface area contributed by atoms with E-state index in [0.29, 0.717) is 0 Å². The highest BCUT2D eigenvalue weighted by Gasteiger charge is 2.17. The highest BCUT2D eigenvalue weighted by Crippen LogP contribution is 2.39. The molecular formula is C55H39N3. The molecule has 0 bridgehead atoms.